The normalized spacial score (nSPS) is 29.9. The molecule has 5 aliphatic carbocycles. The fraction of sp³-hybridized carbons (Fsp3) is 0.559. The number of alkyl halides is 3. The molecule has 0 radical (unpaired) electrons. The van der Waals surface area contributed by atoms with Gasteiger partial charge >= 0.3 is 6.18 Å². The van der Waals surface area contributed by atoms with Gasteiger partial charge in [-0.1, -0.05) is 29.8 Å². The monoisotopic (exact) mass is 567 g/mol. The second kappa shape index (κ2) is 11.7. The van der Waals surface area contributed by atoms with Gasteiger partial charge in [-0.3, -0.25) is 4.79 Å². The van der Waals surface area contributed by atoms with Crippen molar-refractivity contribution < 1.29 is 27.8 Å². The fourth-order valence-corrected chi connectivity index (χ4v) is 8.19. The lowest BCUT2D eigenvalue weighted by atomic mass is 9.75. The molecule has 0 spiro atoms. The molecule has 1 amide bonds. The number of benzene rings is 2. The molecule has 2 aromatic rings. The Morgan fingerprint density at radius 3 is 2.22 bits per heavy atom. The van der Waals surface area contributed by atoms with Crippen molar-refractivity contribution in [2.75, 3.05) is 13.2 Å². The zero-order valence-corrected chi connectivity index (χ0v) is 23.5. The van der Waals surface area contributed by atoms with Crippen molar-refractivity contribution in [3.63, 3.8) is 0 Å². The van der Waals surface area contributed by atoms with E-state index in [9.17, 15) is 23.1 Å². The lowest BCUT2D eigenvalue weighted by Gasteiger charge is -2.30. The standard InChI is InChI=1S/C34H40F3NO3/c35-34(36,37)27-9-3-24(4-10-27)33(40)38-15-1-2-16-41-29-13-7-23(8-14-29)31(22-5-11-28(39)12-6-22)32-26-18-21-17-25(20-26)30(32)19-21/h5-8,11-14,21,24-27,30,39H,1-4,9-10,15-20H2,(H,38,40)/b32-31-. The highest BCUT2D eigenvalue weighted by Crippen LogP contribution is 2.62. The number of hydrogen-bond donors (Lipinski definition) is 2. The highest BCUT2D eigenvalue weighted by molar-refractivity contribution is 5.83. The Morgan fingerprint density at radius 1 is 0.878 bits per heavy atom. The van der Waals surface area contributed by atoms with Gasteiger partial charge in [-0.2, -0.15) is 13.2 Å². The third-order valence-corrected chi connectivity index (χ3v) is 10.1. The lowest BCUT2D eigenvalue weighted by molar-refractivity contribution is -0.184. The minimum atomic E-state index is -4.15. The summed E-state index contributed by atoms with van der Waals surface area (Å²) in [4.78, 5) is 12.4. The molecule has 7 rings (SSSR count). The summed E-state index contributed by atoms with van der Waals surface area (Å²) in [7, 11) is 0. The predicted molar refractivity (Wildman–Crippen MR) is 152 cm³/mol. The highest BCUT2D eigenvalue weighted by atomic mass is 19.4. The second-order valence-corrected chi connectivity index (χ2v) is 12.7. The molecule has 2 N–H and O–H groups in total. The van der Waals surface area contributed by atoms with Gasteiger partial charge in [0, 0.05) is 12.5 Å². The quantitative estimate of drug-likeness (QED) is 0.303. The topological polar surface area (TPSA) is 58.6 Å². The van der Waals surface area contributed by atoms with Crippen LogP contribution < -0.4 is 10.1 Å². The van der Waals surface area contributed by atoms with Gasteiger partial charge in [0.15, 0.2) is 0 Å². The molecule has 0 saturated heterocycles. The van der Waals surface area contributed by atoms with Crippen LogP contribution in [0.25, 0.3) is 5.57 Å². The first-order chi connectivity index (χ1) is 19.8. The Kier molecular flexibility index (Phi) is 8.06. The number of hydrogen-bond acceptors (Lipinski definition) is 3. The van der Waals surface area contributed by atoms with E-state index in [1.54, 1.807) is 17.7 Å². The number of phenolic OH excluding ortho intramolecular Hbond substituents is 1. The number of carbonyl (C=O) groups is 1. The number of allylic oxidation sites excluding steroid dienone is 1. The third-order valence-electron chi connectivity index (χ3n) is 10.1. The van der Waals surface area contributed by atoms with E-state index in [-0.39, 0.29) is 30.4 Å². The maximum Gasteiger partial charge on any atom is 0.391 e. The summed E-state index contributed by atoms with van der Waals surface area (Å²) >= 11 is 0. The van der Waals surface area contributed by atoms with Crippen molar-refractivity contribution in [3.8, 4) is 11.5 Å². The van der Waals surface area contributed by atoms with Gasteiger partial charge in [0.25, 0.3) is 0 Å². The Morgan fingerprint density at radius 2 is 1.56 bits per heavy atom. The molecule has 220 valence electrons. The number of halogens is 3. The Bertz CT molecular complexity index is 1240. The summed E-state index contributed by atoms with van der Waals surface area (Å²) in [5, 5.41) is 12.8. The van der Waals surface area contributed by atoms with Crippen LogP contribution in [0.5, 0.6) is 11.5 Å². The van der Waals surface area contributed by atoms with E-state index in [1.165, 1.54) is 36.8 Å². The summed E-state index contributed by atoms with van der Waals surface area (Å²) in [5.74, 6) is 2.49. The van der Waals surface area contributed by atoms with Crippen LogP contribution >= 0.6 is 0 Å². The van der Waals surface area contributed by atoms with Gasteiger partial charge in [-0.05, 0) is 129 Å². The Balaban J connectivity index is 1.00. The molecular formula is C34H40F3NO3. The van der Waals surface area contributed by atoms with Gasteiger partial charge in [-0.15, -0.1) is 0 Å². The maximum atomic E-state index is 12.9. The van der Waals surface area contributed by atoms with Crippen molar-refractivity contribution in [3.05, 3.63) is 65.2 Å². The van der Waals surface area contributed by atoms with Gasteiger partial charge in [0.1, 0.15) is 11.5 Å². The van der Waals surface area contributed by atoms with E-state index >= 15 is 0 Å². The second-order valence-electron chi connectivity index (χ2n) is 12.7. The van der Waals surface area contributed by atoms with Gasteiger partial charge in [0.05, 0.1) is 12.5 Å². The molecule has 0 heterocycles. The summed E-state index contributed by atoms with van der Waals surface area (Å²) in [6.45, 7) is 1.04. The zero-order chi connectivity index (χ0) is 28.6. The maximum absolute atomic E-state index is 12.9. The van der Waals surface area contributed by atoms with Gasteiger partial charge in [0.2, 0.25) is 5.91 Å². The first-order valence-corrected chi connectivity index (χ1v) is 15.4. The molecule has 4 unspecified atom stereocenters. The first-order valence-electron chi connectivity index (χ1n) is 15.4. The molecule has 0 aromatic heterocycles. The van der Waals surface area contributed by atoms with Crippen LogP contribution in [0, 0.1) is 35.5 Å². The third kappa shape index (κ3) is 6.14. The van der Waals surface area contributed by atoms with Crippen molar-refractivity contribution in [2.45, 2.75) is 70.4 Å². The summed E-state index contributed by atoms with van der Waals surface area (Å²) < 4.78 is 44.5. The molecule has 5 fully saturated rings. The van der Waals surface area contributed by atoms with Crippen molar-refractivity contribution >= 4 is 11.5 Å². The van der Waals surface area contributed by atoms with Gasteiger partial charge in [-0.25, -0.2) is 0 Å². The van der Waals surface area contributed by atoms with Crippen LogP contribution in [0.15, 0.2) is 54.1 Å². The van der Waals surface area contributed by atoms with Crippen molar-refractivity contribution in [2.24, 2.45) is 35.5 Å². The van der Waals surface area contributed by atoms with E-state index in [2.05, 4.69) is 17.4 Å². The molecule has 41 heavy (non-hydrogen) atoms. The van der Waals surface area contributed by atoms with E-state index in [0.29, 0.717) is 37.8 Å². The number of aromatic hydroxyl groups is 1. The molecule has 2 aromatic carbocycles. The molecular weight excluding hydrogens is 527 g/mol. The molecule has 5 aliphatic rings. The summed E-state index contributed by atoms with van der Waals surface area (Å²) in [5.41, 5.74) is 5.31. The van der Waals surface area contributed by atoms with E-state index in [4.69, 9.17) is 4.74 Å². The van der Waals surface area contributed by atoms with E-state index in [0.717, 1.165) is 36.0 Å². The number of amides is 1. The number of nitrogens with one attached hydrogen (secondary N) is 1. The number of ether oxygens (including phenoxy) is 1. The predicted octanol–water partition coefficient (Wildman–Crippen LogP) is 7.90. The summed E-state index contributed by atoms with van der Waals surface area (Å²) in [6, 6.07) is 16.0. The molecule has 5 saturated carbocycles. The van der Waals surface area contributed by atoms with Crippen molar-refractivity contribution in [1.82, 2.24) is 5.32 Å². The van der Waals surface area contributed by atoms with Crippen molar-refractivity contribution in [1.29, 1.82) is 0 Å². The largest absolute Gasteiger partial charge is 0.508 e. The van der Waals surface area contributed by atoms with E-state index < -0.39 is 12.1 Å². The molecule has 7 heteroatoms. The van der Waals surface area contributed by atoms with Crippen LogP contribution in [0.1, 0.15) is 75.3 Å². The number of phenols is 1. The van der Waals surface area contributed by atoms with Crippen LogP contribution in [0.4, 0.5) is 13.2 Å². The van der Waals surface area contributed by atoms with E-state index in [1.807, 2.05) is 24.3 Å². The first kappa shape index (κ1) is 28.2. The average Bonchev–Trinajstić information content (AvgIpc) is 3.38. The van der Waals surface area contributed by atoms with Crippen LogP contribution in [0.3, 0.4) is 0 Å². The SMILES string of the molecule is O=C(NCCCCOc1ccc(/C(=C2/C3CC4CC(C3)C2C4)c2ccc(O)cc2)cc1)C1CCC(C(F)(F)F)CC1. The van der Waals surface area contributed by atoms with Gasteiger partial charge < -0.3 is 15.2 Å². The smallest absolute Gasteiger partial charge is 0.391 e. The molecule has 4 nitrogen and oxygen atoms in total. The highest BCUT2D eigenvalue weighted by Gasteiger charge is 2.51. The minimum Gasteiger partial charge on any atom is -0.508 e. The number of rotatable bonds is 9. The van der Waals surface area contributed by atoms with Crippen LogP contribution in [-0.2, 0) is 4.79 Å². The molecule has 0 aliphatic heterocycles. The number of carbonyl (C=O) groups excluding carboxylic acids is 1. The Hall–Kier alpha value is -2.96. The lowest BCUT2D eigenvalue weighted by Crippen LogP contribution is -2.36. The van der Waals surface area contributed by atoms with Crippen LogP contribution in [-0.4, -0.2) is 30.3 Å². The fourth-order valence-electron chi connectivity index (χ4n) is 8.19. The molecule has 4 bridgehead atoms. The molecule has 4 atom stereocenters. The Labute approximate surface area is 240 Å². The average molecular weight is 568 g/mol. The minimum absolute atomic E-state index is 0.0455. The zero-order valence-electron chi connectivity index (χ0n) is 23.5. The van der Waals surface area contributed by atoms with Crippen LogP contribution in [0.2, 0.25) is 0 Å². The number of unbranched alkanes of at least 4 members (excludes halogenated alkanes) is 1. The summed E-state index contributed by atoms with van der Waals surface area (Å²) in [6.07, 6.45) is 3.42.